The highest BCUT2D eigenvalue weighted by Crippen LogP contribution is 2.23. The van der Waals surface area contributed by atoms with Crippen molar-refractivity contribution in [2.75, 3.05) is 44.2 Å². The van der Waals surface area contributed by atoms with Gasteiger partial charge in [-0.15, -0.1) is 0 Å². The Hall–Kier alpha value is -1.92. The molecule has 2 aromatic rings. The molecule has 5 nitrogen and oxygen atoms in total. The number of hydrogen-bond donors (Lipinski definition) is 0. The highest BCUT2D eigenvalue weighted by molar-refractivity contribution is 5.48. The lowest BCUT2D eigenvalue weighted by molar-refractivity contribution is 0.0886. The first-order valence-corrected chi connectivity index (χ1v) is 10.2. The average Bonchev–Trinajstić information content (AvgIpc) is 3.16. The third kappa shape index (κ3) is 4.33. The fraction of sp³-hybridized carbons (Fsp3) is 0.571. The summed E-state index contributed by atoms with van der Waals surface area (Å²) in [5, 5.41) is 4.40. The summed E-state index contributed by atoms with van der Waals surface area (Å²) in [6.07, 6.45) is 6.68. The first-order valence-electron chi connectivity index (χ1n) is 10.2. The lowest BCUT2D eigenvalue weighted by Crippen LogP contribution is -2.55. The molecule has 1 aromatic heterocycles. The second-order valence-corrected chi connectivity index (χ2v) is 7.71. The molecule has 1 atom stereocenters. The molecule has 0 aliphatic carbocycles. The number of hydrogen-bond acceptors (Lipinski definition) is 4. The van der Waals surface area contributed by atoms with E-state index in [1.807, 2.05) is 23.0 Å². The van der Waals surface area contributed by atoms with Crippen LogP contribution in [0.2, 0.25) is 0 Å². The third-order valence-electron chi connectivity index (χ3n) is 5.92. The summed E-state index contributed by atoms with van der Waals surface area (Å²) in [6, 6.07) is 7.74. The van der Waals surface area contributed by atoms with Gasteiger partial charge in [0.25, 0.3) is 0 Å². The van der Waals surface area contributed by atoms with Crippen molar-refractivity contribution < 1.29 is 4.39 Å². The van der Waals surface area contributed by atoms with Crippen LogP contribution in [0.5, 0.6) is 0 Å². The number of nitrogens with zero attached hydrogens (tertiary/aromatic N) is 5. The number of halogens is 1. The molecule has 0 unspecified atom stereocenters. The molecule has 0 saturated carbocycles. The zero-order valence-corrected chi connectivity index (χ0v) is 16.2. The fourth-order valence-corrected chi connectivity index (χ4v) is 4.43. The van der Waals surface area contributed by atoms with Crippen LogP contribution in [-0.4, -0.2) is 64.9 Å². The number of para-hydroxylation sites is 1. The minimum atomic E-state index is -0.109. The normalized spacial score (nSPS) is 22.3. The molecule has 1 aromatic carbocycles. The zero-order chi connectivity index (χ0) is 18.6. The molecule has 2 aliphatic rings. The largest absolute Gasteiger partial charge is 0.367 e. The van der Waals surface area contributed by atoms with Crippen LogP contribution in [0.25, 0.3) is 0 Å². The van der Waals surface area contributed by atoms with Crippen LogP contribution < -0.4 is 4.90 Å². The molecule has 27 heavy (non-hydrogen) atoms. The smallest absolute Gasteiger partial charge is 0.146 e. The number of piperidine rings is 1. The lowest BCUT2D eigenvalue weighted by atomic mass is 10.0. The van der Waals surface area contributed by atoms with Crippen molar-refractivity contribution in [1.82, 2.24) is 19.6 Å². The molecular weight excluding hydrogens is 341 g/mol. The number of rotatable bonds is 5. The van der Waals surface area contributed by atoms with Crippen molar-refractivity contribution >= 4 is 5.69 Å². The summed E-state index contributed by atoms with van der Waals surface area (Å²) in [5.74, 6) is -0.109. The predicted octanol–water partition coefficient (Wildman–Crippen LogP) is 2.83. The van der Waals surface area contributed by atoms with E-state index in [2.05, 4.69) is 32.9 Å². The molecule has 2 saturated heterocycles. The first-order chi connectivity index (χ1) is 13.2. The summed E-state index contributed by atoms with van der Waals surface area (Å²) >= 11 is 0. The maximum Gasteiger partial charge on any atom is 0.146 e. The minimum Gasteiger partial charge on any atom is -0.367 e. The second-order valence-electron chi connectivity index (χ2n) is 7.71. The molecule has 4 rings (SSSR count). The monoisotopic (exact) mass is 371 g/mol. The Morgan fingerprint density at radius 1 is 1.11 bits per heavy atom. The van der Waals surface area contributed by atoms with Crippen LogP contribution in [0.3, 0.4) is 0 Å². The Kier molecular flexibility index (Phi) is 5.74. The topological polar surface area (TPSA) is 27.5 Å². The van der Waals surface area contributed by atoms with Gasteiger partial charge < -0.3 is 4.90 Å². The Bertz CT molecular complexity index is 738. The van der Waals surface area contributed by atoms with Crippen molar-refractivity contribution in [3.8, 4) is 0 Å². The summed E-state index contributed by atoms with van der Waals surface area (Å²) in [5.41, 5.74) is 2.05. The molecule has 0 spiro atoms. The highest BCUT2D eigenvalue weighted by atomic mass is 19.1. The molecule has 3 heterocycles. The van der Waals surface area contributed by atoms with Crippen LogP contribution in [0, 0.1) is 5.82 Å². The zero-order valence-electron chi connectivity index (χ0n) is 16.2. The highest BCUT2D eigenvalue weighted by Gasteiger charge is 2.28. The van der Waals surface area contributed by atoms with Gasteiger partial charge in [-0.05, 0) is 38.4 Å². The Morgan fingerprint density at radius 2 is 1.93 bits per heavy atom. The fourth-order valence-electron chi connectivity index (χ4n) is 4.43. The van der Waals surface area contributed by atoms with E-state index in [1.54, 1.807) is 12.1 Å². The van der Waals surface area contributed by atoms with E-state index in [1.165, 1.54) is 24.9 Å². The predicted molar refractivity (Wildman–Crippen MR) is 106 cm³/mol. The second kappa shape index (κ2) is 8.40. The minimum absolute atomic E-state index is 0.109. The molecule has 2 aliphatic heterocycles. The van der Waals surface area contributed by atoms with Gasteiger partial charge in [-0.2, -0.15) is 5.10 Å². The van der Waals surface area contributed by atoms with Gasteiger partial charge >= 0.3 is 0 Å². The van der Waals surface area contributed by atoms with E-state index in [0.717, 1.165) is 51.5 Å². The maximum atomic E-state index is 14.0. The molecule has 0 bridgehead atoms. The molecule has 0 N–H and O–H groups in total. The SMILES string of the molecule is CCn1cc(CN2CCC[C@H](N3CCN(c4ccccc4F)CC3)C2)cn1. The van der Waals surface area contributed by atoms with E-state index in [9.17, 15) is 4.39 Å². The van der Waals surface area contributed by atoms with Crippen LogP contribution in [-0.2, 0) is 13.1 Å². The van der Waals surface area contributed by atoms with Gasteiger partial charge in [-0.25, -0.2) is 4.39 Å². The van der Waals surface area contributed by atoms with Crippen molar-refractivity contribution in [2.24, 2.45) is 0 Å². The third-order valence-corrected chi connectivity index (χ3v) is 5.92. The van der Waals surface area contributed by atoms with Crippen molar-refractivity contribution in [2.45, 2.75) is 38.9 Å². The number of aryl methyl sites for hydroxylation is 1. The molecule has 0 amide bonds. The van der Waals surface area contributed by atoms with Crippen molar-refractivity contribution in [3.63, 3.8) is 0 Å². The van der Waals surface area contributed by atoms with Gasteiger partial charge in [0, 0.05) is 63.6 Å². The van der Waals surface area contributed by atoms with Gasteiger partial charge in [0.15, 0.2) is 0 Å². The Balaban J connectivity index is 1.31. The van der Waals surface area contributed by atoms with Crippen LogP contribution in [0.4, 0.5) is 10.1 Å². The van der Waals surface area contributed by atoms with Crippen LogP contribution >= 0.6 is 0 Å². The summed E-state index contributed by atoms with van der Waals surface area (Å²) < 4.78 is 16.0. The molecule has 0 radical (unpaired) electrons. The average molecular weight is 372 g/mol. The van der Waals surface area contributed by atoms with E-state index < -0.39 is 0 Å². The molecule has 146 valence electrons. The summed E-state index contributed by atoms with van der Waals surface area (Å²) in [7, 11) is 0. The lowest BCUT2D eigenvalue weighted by Gasteiger charge is -2.44. The quantitative estimate of drug-likeness (QED) is 0.808. The van der Waals surface area contributed by atoms with Crippen molar-refractivity contribution in [3.05, 3.63) is 48.0 Å². The maximum absolute atomic E-state index is 14.0. The molecular formula is C21H30FN5. The number of aromatic nitrogens is 2. The van der Waals surface area contributed by atoms with Gasteiger partial charge in [-0.3, -0.25) is 14.5 Å². The summed E-state index contributed by atoms with van der Waals surface area (Å²) in [6.45, 7) is 10.2. The standard InChI is InChI=1S/C21H30FN5/c1-2-27-16-18(14-23-27)15-24-9-5-6-19(17-24)25-10-12-26(13-11-25)21-8-4-3-7-20(21)22/h3-4,7-8,14,16,19H,2,5-6,9-13,15,17H2,1H3/t19-/m0/s1. The van der Waals surface area contributed by atoms with E-state index in [0.29, 0.717) is 6.04 Å². The van der Waals surface area contributed by atoms with Crippen molar-refractivity contribution in [1.29, 1.82) is 0 Å². The van der Waals surface area contributed by atoms with Crippen LogP contribution in [0.15, 0.2) is 36.7 Å². The Morgan fingerprint density at radius 3 is 2.67 bits per heavy atom. The van der Waals surface area contributed by atoms with Gasteiger partial charge in [-0.1, -0.05) is 12.1 Å². The molecule has 6 heteroatoms. The van der Waals surface area contributed by atoms with E-state index in [-0.39, 0.29) is 5.82 Å². The number of piperazine rings is 1. The van der Waals surface area contributed by atoms with E-state index in [4.69, 9.17) is 0 Å². The van der Waals surface area contributed by atoms with Crippen LogP contribution in [0.1, 0.15) is 25.3 Å². The number of benzene rings is 1. The van der Waals surface area contributed by atoms with E-state index >= 15 is 0 Å². The summed E-state index contributed by atoms with van der Waals surface area (Å²) in [4.78, 5) is 7.36. The number of likely N-dealkylation sites (tertiary alicyclic amines) is 1. The van der Waals surface area contributed by atoms with Gasteiger partial charge in [0.05, 0.1) is 11.9 Å². The first kappa shape index (κ1) is 18.4. The number of anilines is 1. The van der Waals surface area contributed by atoms with Gasteiger partial charge in [0.1, 0.15) is 5.82 Å². The van der Waals surface area contributed by atoms with Gasteiger partial charge in [0.2, 0.25) is 0 Å². The molecule has 2 fully saturated rings. The Labute approximate surface area is 161 Å².